The van der Waals surface area contributed by atoms with Crippen LogP contribution in [0, 0.1) is 17.2 Å². The molecule has 1 saturated carbocycles. The second-order valence-electron chi connectivity index (χ2n) is 5.98. The zero-order valence-electron chi connectivity index (χ0n) is 12.3. The van der Waals surface area contributed by atoms with E-state index in [4.69, 9.17) is 10.00 Å². The SMILES string of the molecule is CC1OCCC1C(=O)N(Cc1ccc(C#N)cc1)C1CC1. The van der Waals surface area contributed by atoms with Crippen LogP contribution in [0.25, 0.3) is 0 Å². The van der Waals surface area contributed by atoms with E-state index in [-0.39, 0.29) is 17.9 Å². The van der Waals surface area contributed by atoms with Gasteiger partial charge in [0.2, 0.25) is 5.91 Å². The van der Waals surface area contributed by atoms with Crippen LogP contribution in [0.1, 0.15) is 37.3 Å². The highest BCUT2D eigenvalue weighted by molar-refractivity contribution is 5.80. The number of amides is 1. The number of carbonyl (C=O) groups is 1. The normalized spacial score (nSPS) is 24.6. The topological polar surface area (TPSA) is 53.3 Å². The summed E-state index contributed by atoms with van der Waals surface area (Å²) in [5, 5.41) is 8.84. The van der Waals surface area contributed by atoms with Crippen molar-refractivity contribution in [3.63, 3.8) is 0 Å². The van der Waals surface area contributed by atoms with Gasteiger partial charge >= 0.3 is 0 Å². The van der Waals surface area contributed by atoms with E-state index in [2.05, 4.69) is 6.07 Å². The number of ether oxygens (including phenoxy) is 1. The van der Waals surface area contributed by atoms with E-state index >= 15 is 0 Å². The summed E-state index contributed by atoms with van der Waals surface area (Å²) >= 11 is 0. The molecule has 110 valence electrons. The molecule has 1 aromatic carbocycles. The molecule has 0 radical (unpaired) electrons. The standard InChI is InChI=1S/C17H20N2O2/c1-12-16(8-9-21-12)17(20)19(15-6-7-15)11-14-4-2-13(10-18)3-5-14/h2-5,12,15-16H,6-9,11H2,1H3. The molecule has 4 heteroatoms. The molecule has 1 aliphatic heterocycles. The molecule has 4 nitrogen and oxygen atoms in total. The van der Waals surface area contributed by atoms with Gasteiger partial charge in [-0.25, -0.2) is 0 Å². The maximum Gasteiger partial charge on any atom is 0.228 e. The van der Waals surface area contributed by atoms with E-state index in [1.165, 1.54) is 0 Å². The van der Waals surface area contributed by atoms with Crippen LogP contribution < -0.4 is 0 Å². The third-order valence-corrected chi connectivity index (χ3v) is 4.40. The Hall–Kier alpha value is -1.86. The van der Waals surface area contributed by atoms with Crippen molar-refractivity contribution in [3.05, 3.63) is 35.4 Å². The molecule has 2 atom stereocenters. The van der Waals surface area contributed by atoms with Crippen molar-refractivity contribution < 1.29 is 9.53 Å². The van der Waals surface area contributed by atoms with Gasteiger partial charge in [0.25, 0.3) is 0 Å². The lowest BCUT2D eigenvalue weighted by Gasteiger charge is -2.27. The van der Waals surface area contributed by atoms with E-state index < -0.39 is 0 Å². The molecule has 0 spiro atoms. The Bertz CT molecular complexity index is 557. The summed E-state index contributed by atoms with van der Waals surface area (Å²) < 4.78 is 5.53. The highest BCUT2D eigenvalue weighted by Crippen LogP contribution is 2.32. The molecule has 1 aromatic rings. The Labute approximate surface area is 125 Å². The second-order valence-corrected chi connectivity index (χ2v) is 5.98. The van der Waals surface area contributed by atoms with Gasteiger partial charge in [0.1, 0.15) is 0 Å². The van der Waals surface area contributed by atoms with E-state index in [0.29, 0.717) is 24.8 Å². The molecule has 1 heterocycles. The van der Waals surface area contributed by atoms with Crippen LogP contribution in [0.2, 0.25) is 0 Å². The fraction of sp³-hybridized carbons (Fsp3) is 0.529. The molecule has 2 aliphatic rings. The van der Waals surface area contributed by atoms with Gasteiger partial charge in [-0.15, -0.1) is 0 Å². The predicted octanol–water partition coefficient (Wildman–Crippen LogP) is 2.47. The summed E-state index contributed by atoms with van der Waals surface area (Å²) in [5.74, 6) is 0.232. The van der Waals surface area contributed by atoms with Gasteiger partial charge < -0.3 is 9.64 Å². The number of nitrogens with zero attached hydrogens (tertiary/aromatic N) is 2. The molecular formula is C17H20N2O2. The number of hydrogen-bond acceptors (Lipinski definition) is 3. The highest BCUT2D eigenvalue weighted by Gasteiger charge is 2.39. The fourth-order valence-electron chi connectivity index (χ4n) is 2.92. The van der Waals surface area contributed by atoms with Crippen LogP contribution in [0.4, 0.5) is 0 Å². The lowest BCUT2D eigenvalue weighted by atomic mass is 10.0. The van der Waals surface area contributed by atoms with Gasteiger partial charge in [-0.05, 0) is 43.9 Å². The summed E-state index contributed by atoms with van der Waals surface area (Å²) in [7, 11) is 0. The highest BCUT2D eigenvalue weighted by atomic mass is 16.5. The number of hydrogen-bond donors (Lipinski definition) is 0. The molecular weight excluding hydrogens is 264 g/mol. The number of nitriles is 1. The zero-order valence-corrected chi connectivity index (χ0v) is 12.3. The van der Waals surface area contributed by atoms with Gasteiger partial charge in [0.15, 0.2) is 0 Å². The van der Waals surface area contributed by atoms with Crippen LogP contribution in [0.3, 0.4) is 0 Å². The molecule has 0 aromatic heterocycles. The van der Waals surface area contributed by atoms with Crippen molar-refractivity contribution in [1.29, 1.82) is 5.26 Å². The summed E-state index contributed by atoms with van der Waals surface area (Å²) in [6, 6.07) is 10.0. The van der Waals surface area contributed by atoms with Gasteiger partial charge in [-0.2, -0.15) is 5.26 Å². The molecule has 1 amide bonds. The minimum atomic E-state index is 0.00369. The first-order valence-corrected chi connectivity index (χ1v) is 7.60. The number of rotatable bonds is 4. The third-order valence-electron chi connectivity index (χ3n) is 4.40. The molecule has 21 heavy (non-hydrogen) atoms. The summed E-state index contributed by atoms with van der Waals surface area (Å²) in [6.07, 6.45) is 3.06. The van der Waals surface area contributed by atoms with Crippen molar-refractivity contribution in [1.82, 2.24) is 4.90 Å². The smallest absolute Gasteiger partial charge is 0.228 e. The predicted molar refractivity (Wildman–Crippen MR) is 78.3 cm³/mol. The molecule has 1 aliphatic carbocycles. The monoisotopic (exact) mass is 284 g/mol. The summed E-state index contributed by atoms with van der Waals surface area (Å²) in [6.45, 7) is 3.31. The van der Waals surface area contributed by atoms with Crippen molar-refractivity contribution >= 4 is 5.91 Å². The first kappa shape index (κ1) is 14.1. The van der Waals surface area contributed by atoms with Gasteiger partial charge in [0, 0.05) is 19.2 Å². The molecule has 2 fully saturated rings. The minimum Gasteiger partial charge on any atom is -0.378 e. The van der Waals surface area contributed by atoms with Crippen molar-refractivity contribution in [2.45, 2.75) is 44.9 Å². The van der Waals surface area contributed by atoms with E-state index in [0.717, 1.165) is 24.8 Å². The van der Waals surface area contributed by atoms with Crippen molar-refractivity contribution in [3.8, 4) is 6.07 Å². The lowest BCUT2D eigenvalue weighted by Crippen LogP contribution is -2.39. The van der Waals surface area contributed by atoms with Crippen LogP contribution in [-0.2, 0) is 16.1 Å². The van der Waals surface area contributed by atoms with E-state index in [9.17, 15) is 4.79 Å². The molecule has 0 bridgehead atoms. The van der Waals surface area contributed by atoms with Gasteiger partial charge in [0.05, 0.1) is 23.7 Å². The number of carbonyl (C=O) groups excluding carboxylic acids is 1. The largest absolute Gasteiger partial charge is 0.378 e. The van der Waals surface area contributed by atoms with E-state index in [1.807, 2.05) is 36.1 Å². The summed E-state index contributed by atoms with van der Waals surface area (Å²) in [5.41, 5.74) is 1.74. The molecule has 2 unspecified atom stereocenters. The summed E-state index contributed by atoms with van der Waals surface area (Å²) in [4.78, 5) is 14.8. The first-order valence-electron chi connectivity index (χ1n) is 7.60. The fourth-order valence-corrected chi connectivity index (χ4v) is 2.92. The zero-order chi connectivity index (χ0) is 14.8. The van der Waals surface area contributed by atoms with Crippen LogP contribution >= 0.6 is 0 Å². The average Bonchev–Trinajstić information content (AvgIpc) is 3.26. The average molecular weight is 284 g/mol. The lowest BCUT2D eigenvalue weighted by molar-refractivity contribution is -0.138. The van der Waals surface area contributed by atoms with Crippen LogP contribution in [0.15, 0.2) is 24.3 Å². The van der Waals surface area contributed by atoms with Crippen LogP contribution in [-0.4, -0.2) is 29.6 Å². The number of benzene rings is 1. The Kier molecular flexibility index (Phi) is 3.94. The van der Waals surface area contributed by atoms with Gasteiger partial charge in [-0.1, -0.05) is 12.1 Å². The molecule has 3 rings (SSSR count). The van der Waals surface area contributed by atoms with Crippen LogP contribution in [0.5, 0.6) is 0 Å². The quantitative estimate of drug-likeness (QED) is 0.853. The Morgan fingerprint density at radius 1 is 1.33 bits per heavy atom. The maximum atomic E-state index is 12.8. The Balaban J connectivity index is 1.72. The van der Waals surface area contributed by atoms with Gasteiger partial charge in [-0.3, -0.25) is 4.79 Å². The second kappa shape index (κ2) is 5.87. The molecule has 1 saturated heterocycles. The Morgan fingerprint density at radius 2 is 2.05 bits per heavy atom. The first-order chi connectivity index (χ1) is 10.2. The van der Waals surface area contributed by atoms with E-state index in [1.54, 1.807) is 0 Å². The third kappa shape index (κ3) is 3.08. The molecule has 0 N–H and O–H groups in total. The maximum absolute atomic E-state index is 12.8. The van der Waals surface area contributed by atoms with Crippen molar-refractivity contribution in [2.75, 3.05) is 6.61 Å². The Morgan fingerprint density at radius 3 is 2.57 bits per heavy atom. The van der Waals surface area contributed by atoms with Crippen molar-refractivity contribution in [2.24, 2.45) is 5.92 Å². The minimum absolute atomic E-state index is 0.00369.